The van der Waals surface area contributed by atoms with Gasteiger partial charge in [0, 0.05) is 16.5 Å². The van der Waals surface area contributed by atoms with Crippen molar-refractivity contribution in [2.24, 2.45) is 0 Å². The average Bonchev–Trinajstić information content (AvgIpc) is 2.40. The smallest absolute Gasteiger partial charge is 0.162 e. The van der Waals surface area contributed by atoms with Crippen molar-refractivity contribution in [2.45, 2.75) is 58.3 Å². The summed E-state index contributed by atoms with van der Waals surface area (Å²) in [6, 6.07) is 5.38. The van der Waals surface area contributed by atoms with Gasteiger partial charge in [0.05, 0.1) is 5.02 Å². The lowest BCUT2D eigenvalue weighted by Crippen LogP contribution is -1.98. The van der Waals surface area contributed by atoms with Crippen LogP contribution in [0.25, 0.3) is 0 Å². The summed E-state index contributed by atoms with van der Waals surface area (Å²) >= 11 is 9.26. The molecule has 0 saturated heterocycles. The Morgan fingerprint density at radius 3 is 2.37 bits per heavy atom. The van der Waals surface area contributed by atoms with Crippen LogP contribution in [0.2, 0.25) is 5.02 Å². The molecule has 0 aliphatic carbocycles. The van der Waals surface area contributed by atoms with Crippen molar-refractivity contribution >= 4 is 33.3 Å². The molecular formula is C16H22BrClO. The lowest BCUT2D eigenvalue weighted by molar-refractivity contribution is 0.0979. The second kappa shape index (κ2) is 9.55. The Balaban J connectivity index is 2.22. The SMILES string of the molecule is CCCCCCCCCC(=O)c1ccc(Cl)c(Br)c1. The zero-order valence-corrected chi connectivity index (χ0v) is 13.9. The van der Waals surface area contributed by atoms with E-state index < -0.39 is 0 Å². The molecule has 0 radical (unpaired) electrons. The molecule has 0 bridgehead atoms. The number of rotatable bonds is 9. The normalized spacial score (nSPS) is 10.7. The van der Waals surface area contributed by atoms with E-state index in [-0.39, 0.29) is 5.78 Å². The Morgan fingerprint density at radius 2 is 1.74 bits per heavy atom. The van der Waals surface area contributed by atoms with Gasteiger partial charge in [-0.05, 0) is 40.5 Å². The van der Waals surface area contributed by atoms with E-state index in [1.165, 1.54) is 32.1 Å². The third kappa shape index (κ3) is 6.58. The molecule has 0 atom stereocenters. The molecule has 0 fully saturated rings. The first-order valence-corrected chi connectivity index (χ1v) is 8.30. The number of unbranched alkanes of at least 4 members (excludes halogenated alkanes) is 6. The molecule has 0 unspecified atom stereocenters. The lowest BCUT2D eigenvalue weighted by Gasteiger charge is -2.03. The molecule has 0 aliphatic heterocycles. The highest BCUT2D eigenvalue weighted by atomic mass is 79.9. The highest BCUT2D eigenvalue weighted by Crippen LogP contribution is 2.24. The van der Waals surface area contributed by atoms with E-state index in [0.717, 1.165) is 22.9 Å². The molecule has 19 heavy (non-hydrogen) atoms. The molecule has 0 heterocycles. The number of hydrogen-bond donors (Lipinski definition) is 0. The molecule has 1 nitrogen and oxygen atoms in total. The van der Waals surface area contributed by atoms with Crippen LogP contribution in [0, 0.1) is 0 Å². The summed E-state index contributed by atoms with van der Waals surface area (Å²) in [5, 5.41) is 0.646. The largest absolute Gasteiger partial charge is 0.294 e. The van der Waals surface area contributed by atoms with Gasteiger partial charge in [-0.3, -0.25) is 4.79 Å². The molecule has 0 aromatic heterocycles. The van der Waals surface area contributed by atoms with Crippen LogP contribution in [-0.2, 0) is 0 Å². The fraction of sp³-hybridized carbons (Fsp3) is 0.562. The fourth-order valence-corrected chi connectivity index (χ4v) is 2.55. The third-order valence-corrected chi connectivity index (χ3v) is 4.46. The Kier molecular flexibility index (Phi) is 8.40. The minimum Gasteiger partial charge on any atom is -0.294 e. The fourth-order valence-electron chi connectivity index (χ4n) is 2.06. The van der Waals surface area contributed by atoms with Gasteiger partial charge in [-0.2, -0.15) is 0 Å². The van der Waals surface area contributed by atoms with Crippen molar-refractivity contribution in [2.75, 3.05) is 0 Å². The van der Waals surface area contributed by atoms with Crippen molar-refractivity contribution in [1.29, 1.82) is 0 Å². The number of Topliss-reactive ketones (excluding diaryl/α,β-unsaturated/α-hetero) is 1. The summed E-state index contributed by atoms with van der Waals surface area (Å²) in [6.45, 7) is 2.23. The van der Waals surface area contributed by atoms with Gasteiger partial charge in [-0.15, -0.1) is 0 Å². The molecule has 3 heteroatoms. The lowest BCUT2D eigenvalue weighted by atomic mass is 10.0. The van der Waals surface area contributed by atoms with Gasteiger partial charge in [0.25, 0.3) is 0 Å². The summed E-state index contributed by atoms with van der Waals surface area (Å²) in [5.74, 6) is 0.214. The number of hydrogen-bond acceptors (Lipinski definition) is 1. The monoisotopic (exact) mass is 344 g/mol. The molecular weight excluding hydrogens is 324 g/mol. The van der Waals surface area contributed by atoms with E-state index in [1.54, 1.807) is 12.1 Å². The summed E-state index contributed by atoms with van der Waals surface area (Å²) in [7, 11) is 0. The van der Waals surface area contributed by atoms with Crippen LogP contribution in [0.15, 0.2) is 22.7 Å². The van der Waals surface area contributed by atoms with E-state index in [9.17, 15) is 4.79 Å². The van der Waals surface area contributed by atoms with Gasteiger partial charge in [0.15, 0.2) is 5.78 Å². The van der Waals surface area contributed by atoms with Crippen LogP contribution >= 0.6 is 27.5 Å². The second-order valence-electron chi connectivity index (χ2n) is 4.92. The molecule has 0 saturated carbocycles. The number of halogens is 2. The number of carbonyl (C=O) groups is 1. The second-order valence-corrected chi connectivity index (χ2v) is 6.18. The minimum absolute atomic E-state index is 0.214. The first-order chi connectivity index (χ1) is 9.15. The van der Waals surface area contributed by atoms with Gasteiger partial charge < -0.3 is 0 Å². The van der Waals surface area contributed by atoms with Crippen molar-refractivity contribution in [1.82, 2.24) is 0 Å². The van der Waals surface area contributed by atoms with Gasteiger partial charge in [-0.25, -0.2) is 0 Å². The van der Waals surface area contributed by atoms with Crippen LogP contribution in [0.1, 0.15) is 68.6 Å². The van der Waals surface area contributed by atoms with Crippen molar-refractivity contribution in [3.63, 3.8) is 0 Å². The van der Waals surface area contributed by atoms with Crippen molar-refractivity contribution in [3.05, 3.63) is 33.3 Å². The predicted molar refractivity (Wildman–Crippen MR) is 86.1 cm³/mol. The van der Waals surface area contributed by atoms with Gasteiger partial charge in [0.1, 0.15) is 0 Å². The van der Waals surface area contributed by atoms with E-state index in [1.807, 2.05) is 6.07 Å². The molecule has 1 aromatic rings. The van der Waals surface area contributed by atoms with Crippen LogP contribution in [0.5, 0.6) is 0 Å². The molecule has 106 valence electrons. The maximum atomic E-state index is 12.0. The Labute approximate surface area is 129 Å². The van der Waals surface area contributed by atoms with E-state index in [0.29, 0.717) is 11.4 Å². The average molecular weight is 346 g/mol. The number of carbonyl (C=O) groups excluding carboxylic acids is 1. The highest BCUT2D eigenvalue weighted by Gasteiger charge is 2.07. The van der Waals surface area contributed by atoms with Gasteiger partial charge in [-0.1, -0.05) is 57.0 Å². The summed E-state index contributed by atoms with van der Waals surface area (Å²) < 4.78 is 0.791. The molecule has 0 amide bonds. The summed E-state index contributed by atoms with van der Waals surface area (Å²) in [6.07, 6.45) is 9.28. The summed E-state index contributed by atoms with van der Waals surface area (Å²) in [4.78, 5) is 12.0. The summed E-state index contributed by atoms with van der Waals surface area (Å²) in [5.41, 5.74) is 0.752. The Bertz CT molecular complexity index is 404. The topological polar surface area (TPSA) is 17.1 Å². The number of ketones is 1. The van der Waals surface area contributed by atoms with Crippen LogP contribution < -0.4 is 0 Å². The maximum Gasteiger partial charge on any atom is 0.162 e. The van der Waals surface area contributed by atoms with Gasteiger partial charge in [0.2, 0.25) is 0 Å². The quantitative estimate of drug-likeness (QED) is 0.372. The minimum atomic E-state index is 0.214. The van der Waals surface area contributed by atoms with Crippen LogP contribution in [-0.4, -0.2) is 5.78 Å². The Hall–Kier alpha value is -0.340. The molecule has 0 N–H and O–H groups in total. The molecule has 0 spiro atoms. The maximum absolute atomic E-state index is 12.0. The molecule has 0 aliphatic rings. The van der Waals surface area contributed by atoms with E-state index >= 15 is 0 Å². The van der Waals surface area contributed by atoms with Crippen LogP contribution in [0.4, 0.5) is 0 Å². The number of benzene rings is 1. The van der Waals surface area contributed by atoms with E-state index in [4.69, 9.17) is 11.6 Å². The van der Waals surface area contributed by atoms with Crippen molar-refractivity contribution < 1.29 is 4.79 Å². The third-order valence-electron chi connectivity index (χ3n) is 3.25. The standard InChI is InChI=1S/C16H22BrClO/c1-2-3-4-5-6-7-8-9-16(19)13-10-11-15(18)14(17)12-13/h10-12H,2-9H2,1H3. The highest BCUT2D eigenvalue weighted by molar-refractivity contribution is 9.10. The first kappa shape index (κ1) is 16.7. The molecule has 1 rings (SSSR count). The Morgan fingerprint density at radius 1 is 1.11 bits per heavy atom. The zero-order valence-electron chi connectivity index (χ0n) is 11.6. The first-order valence-electron chi connectivity index (χ1n) is 7.13. The van der Waals surface area contributed by atoms with Gasteiger partial charge >= 0.3 is 0 Å². The van der Waals surface area contributed by atoms with Crippen molar-refractivity contribution in [3.8, 4) is 0 Å². The zero-order chi connectivity index (χ0) is 14.1. The molecule has 1 aromatic carbocycles. The van der Waals surface area contributed by atoms with E-state index in [2.05, 4.69) is 22.9 Å². The van der Waals surface area contributed by atoms with Crippen LogP contribution in [0.3, 0.4) is 0 Å². The predicted octanol–water partition coefficient (Wildman–Crippen LogP) is 6.43.